The van der Waals surface area contributed by atoms with E-state index in [9.17, 15) is 28.8 Å². The summed E-state index contributed by atoms with van der Waals surface area (Å²) in [6, 6.07) is 21.6. The highest BCUT2D eigenvalue weighted by Gasteiger charge is 2.38. The van der Waals surface area contributed by atoms with Crippen molar-refractivity contribution in [2.75, 3.05) is 11.5 Å². The molecule has 1 N–H and O–H groups in total. The number of thiol groups is 2. The van der Waals surface area contributed by atoms with Crippen molar-refractivity contribution in [2.24, 2.45) is 0 Å². The van der Waals surface area contributed by atoms with Crippen molar-refractivity contribution in [3.05, 3.63) is 103 Å². The van der Waals surface area contributed by atoms with Crippen molar-refractivity contribution < 1.29 is 38.7 Å². The van der Waals surface area contributed by atoms with Gasteiger partial charge >= 0.3 is 11.9 Å². The molecule has 288 valence electrons. The van der Waals surface area contributed by atoms with Gasteiger partial charge in [-0.25, -0.2) is 4.79 Å². The van der Waals surface area contributed by atoms with Gasteiger partial charge in [0.1, 0.15) is 0 Å². The number of thiophene rings is 4. The number of hydroxylamine groups is 2. The van der Waals surface area contributed by atoms with E-state index in [0.29, 0.717) is 22.8 Å². The number of carbonyl (C=O) groups is 6. The standard InChI is InChI=1S/C28H23NO5S4.C12H16O3S2/c30-20(8-2-1-5-15-35)21-11-12-24(37-21)25-14-13-23(38-25)22-10-9-17(36-22)16-26(31)34-29-27(32)18-6-3-4-7-19(18)28(29)33;13-10(4-2-1-3-7-16)11-6-5-9(17-11)8-12(14)15/h3-4,6-7,9-14,35H,1-2,5,8,15-16H2;5-6,16H,1-4,7-8H2,(H,14,15). The number of carboxylic acids is 1. The van der Waals surface area contributed by atoms with Crippen LogP contribution in [0.3, 0.4) is 0 Å². The number of aliphatic carboxylic acids is 1. The molecule has 5 heterocycles. The Balaban J connectivity index is 0.000000287. The van der Waals surface area contributed by atoms with E-state index in [-0.39, 0.29) is 35.5 Å². The van der Waals surface area contributed by atoms with Crippen LogP contribution in [0.1, 0.15) is 101 Å². The lowest BCUT2D eigenvalue weighted by Crippen LogP contribution is -2.33. The average molecular weight is 854 g/mol. The van der Waals surface area contributed by atoms with Gasteiger partial charge in [0.05, 0.1) is 33.7 Å². The second-order valence-corrected chi connectivity index (χ2v) is 17.8. The summed E-state index contributed by atoms with van der Waals surface area (Å²) in [5.74, 6) is -0.799. The molecule has 9 nitrogen and oxygen atoms in total. The van der Waals surface area contributed by atoms with E-state index in [0.717, 1.165) is 84.2 Å². The van der Waals surface area contributed by atoms with Crippen molar-refractivity contribution in [2.45, 2.75) is 64.2 Å². The summed E-state index contributed by atoms with van der Waals surface area (Å²) in [5.41, 5.74) is 0.451. The van der Waals surface area contributed by atoms with Gasteiger partial charge in [0, 0.05) is 42.1 Å². The summed E-state index contributed by atoms with van der Waals surface area (Å²) in [5, 5.41) is 9.17. The number of nitrogens with zero attached hydrogens (tertiary/aromatic N) is 1. The van der Waals surface area contributed by atoms with Gasteiger partial charge in [0.2, 0.25) is 0 Å². The van der Waals surface area contributed by atoms with Crippen LogP contribution in [0, 0.1) is 0 Å². The number of Topliss-reactive ketones (excluding diaryl/α,β-unsaturated/α-hetero) is 2. The number of ketones is 2. The summed E-state index contributed by atoms with van der Waals surface area (Å²) in [7, 11) is 0. The van der Waals surface area contributed by atoms with Gasteiger partial charge in [-0.05, 0) is 97.9 Å². The summed E-state index contributed by atoms with van der Waals surface area (Å²) in [6.07, 6.45) is 6.92. The molecule has 5 aromatic rings. The molecule has 0 atom stereocenters. The van der Waals surface area contributed by atoms with Crippen LogP contribution >= 0.6 is 70.6 Å². The average Bonchev–Trinajstić information content (AvgIpc) is 4.02. The molecule has 0 bridgehead atoms. The summed E-state index contributed by atoms with van der Waals surface area (Å²) >= 11 is 14.2. The van der Waals surface area contributed by atoms with E-state index in [1.807, 2.05) is 36.4 Å². The van der Waals surface area contributed by atoms with Crippen molar-refractivity contribution >= 4 is 106 Å². The number of fused-ring (bicyclic) bond motifs is 1. The van der Waals surface area contributed by atoms with Crippen LogP contribution in [-0.4, -0.2) is 57.0 Å². The molecular weight excluding hydrogens is 815 g/mol. The molecule has 1 aromatic carbocycles. The molecule has 55 heavy (non-hydrogen) atoms. The van der Waals surface area contributed by atoms with E-state index >= 15 is 0 Å². The zero-order valence-electron chi connectivity index (χ0n) is 29.7. The van der Waals surface area contributed by atoms with E-state index < -0.39 is 23.8 Å². The van der Waals surface area contributed by atoms with Crippen LogP contribution in [0.4, 0.5) is 0 Å². The zero-order chi connectivity index (χ0) is 39.3. The topological polar surface area (TPSA) is 135 Å². The normalized spacial score (nSPS) is 12.0. The number of imide groups is 1. The highest BCUT2D eigenvalue weighted by Crippen LogP contribution is 2.40. The summed E-state index contributed by atoms with van der Waals surface area (Å²) < 4.78 is 0. The Labute approximate surface area is 346 Å². The molecule has 15 heteroatoms. The zero-order valence-corrected chi connectivity index (χ0v) is 34.7. The number of carboxylic acid groups (broad SMARTS) is 1. The third-order valence-electron chi connectivity index (χ3n) is 8.29. The van der Waals surface area contributed by atoms with Crippen LogP contribution in [0.15, 0.2) is 72.8 Å². The van der Waals surface area contributed by atoms with E-state index in [2.05, 4.69) is 25.3 Å². The second kappa shape index (κ2) is 20.9. The fourth-order valence-corrected chi connectivity index (χ4v) is 10.1. The predicted molar refractivity (Wildman–Crippen MR) is 227 cm³/mol. The van der Waals surface area contributed by atoms with Gasteiger partial charge in [0.15, 0.2) is 11.6 Å². The molecule has 2 amide bonds. The SMILES string of the molecule is O=C(Cc1ccc(-c2ccc(-c3ccc(C(=O)CCCCCS)s3)s2)s1)ON1C(=O)c2ccccc2C1=O.O=C(O)Cc1ccc(C(=O)CCCCCS)s1. The molecule has 0 unspecified atom stereocenters. The number of hydrogen-bond donors (Lipinski definition) is 3. The fraction of sp³-hybridized carbons (Fsp3) is 0.300. The minimum Gasteiger partial charge on any atom is -0.481 e. The lowest BCUT2D eigenvalue weighted by Gasteiger charge is -2.12. The first kappa shape index (κ1) is 42.3. The molecule has 0 saturated carbocycles. The number of hydrogen-bond acceptors (Lipinski definition) is 13. The number of carbonyl (C=O) groups excluding carboxylic acids is 5. The smallest absolute Gasteiger partial charge is 0.338 e. The Kier molecular flexibility index (Phi) is 16.1. The minimum atomic E-state index is -0.861. The van der Waals surface area contributed by atoms with Crippen molar-refractivity contribution in [3.63, 3.8) is 0 Å². The van der Waals surface area contributed by atoms with E-state index in [1.54, 1.807) is 35.6 Å². The highest BCUT2D eigenvalue weighted by molar-refractivity contribution is 7.80. The number of unbranched alkanes of at least 4 members (excludes halogenated alkanes) is 4. The Morgan fingerprint density at radius 2 is 1.04 bits per heavy atom. The van der Waals surface area contributed by atoms with Gasteiger partial charge in [-0.2, -0.15) is 25.3 Å². The molecule has 0 aliphatic carbocycles. The summed E-state index contributed by atoms with van der Waals surface area (Å²) in [4.78, 5) is 84.4. The monoisotopic (exact) mass is 853 g/mol. The first-order valence-corrected chi connectivity index (χ1v) is 22.2. The van der Waals surface area contributed by atoms with Gasteiger partial charge in [-0.1, -0.05) is 30.0 Å². The van der Waals surface area contributed by atoms with Gasteiger partial charge in [-0.15, -0.1) is 45.3 Å². The number of rotatable bonds is 19. The van der Waals surface area contributed by atoms with Crippen molar-refractivity contribution in [3.8, 4) is 19.5 Å². The first-order chi connectivity index (χ1) is 26.6. The number of benzene rings is 1. The molecule has 4 aromatic heterocycles. The molecule has 0 radical (unpaired) electrons. The maximum Gasteiger partial charge on any atom is 0.338 e. The number of amides is 2. The predicted octanol–water partition coefficient (Wildman–Crippen LogP) is 10.2. The van der Waals surface area contributed by atoms with Crippen LogP contribution in [0.2, 0.25) is 0 Å². The Hall–Kier alpha value is -3.86. The second-order valence-electron chi connectivity index (χ2n) is 12.4. The van der Waals surface area contributed by atoms with Crippen LogP contribution in [-0.2, 0) is 27.3 Å². The maximum absolute atomic E-state index is 12.5. The molecule has 0 spiro atoms. The lowest BCUT2D eigenvalue weighted by atomic mass is 10.1. The minimum absolute atomic E-state index is 0.00238. The van der Waals surface area contributed by atoms with Gasteiger partial charge in [-0.3, -0.25) is 24.0 Å². The Bertz CT molecular complexity index is 2110. The van der Waals surface area contributed by atoms with Crippen LogP contribution in [0.5, 0.6) is 0 Å². The van der Waals surface area contributed by atoms with Crippen LogP contribution < -0.4 is 0 Å². The molecule has 0 saturated heterocycles. The molecule has 1 aliphatic heterocycles. The lowest BCUT2D eigenvalue weighted by molar-refractivity contribution is -0.167. The Morgan fingerprint density at radius 1 is 0.564 bits per heavy atom. The largest absolute Gasteiger partial charge is 0.481 e. The van der Waals surface area contributed by atoms with E-state index in [1.165, 1.54) is 46.1 Å². The molecule has 6 rings (SSSR count). The fourth-order valence-electron chi connectivity index (χ4n) is 5.52. The van der Waals surface area contributed by atoms with Crippen LogP contribution in [0.25, 0.3) is 19.5 Å². The van der Waals surface area contributed by atoms with Gasteiger partial charge in [0.25, 0.3) is 11.8 Å². The Morgan fingerprint density at radius 3 is 1.62 bits per heavy atom. The first-order valence-electron chi connectivity index (χ1n) is 17.6. The molecule has 0 fully saturated rings. The third-order valence-corrected chi connectivity index (χ3v) is 13.7. The van der Waals surface area contributed by atoms with Crippen molar-refractivity contribution in [1.29, 1.82) is 0 Å². The van der Waals surface area contributed by atoms with E-state index in [4.69, 9.17) is 9.94 Å². The quantitative estimate of drug-likeness (QED) is 0.0324. The maximum atomic E-state index is 12.5. The summed E-state index contributed by atoms with van der Waals surface area (Å²) in [6.45, 7) is 0. The third kappa shape index (κ3) is 11.8. The van der Waals surface area contributed by atoms with Crippen molar-refractivity contribution in [1.82, 2.24) is 5.06 Å². The molecule has 1 aliphatic rings. The molecular formula is C40H39NO8S6. The van der Waals surface area contributed by atoms with Gasteiger partial charge < -0.3 is 9.94 Å². The highest BCUT2D eigenvalue weighted by atomic mass is 32.1.